The number of nitrogens with one attached hydrogen (secondary N) is 1. The maximum Gasteiger partial charge on any atom is 0.324 e. The molecular weight excluding hydrogens is 400 g/mol. The molecule has 0 saturated heterocycles. The summed E-state index contributed by atoms with van der Waals surface area (Å²) in [6, 6.07) is 1.52. The third kappa shape index (κ3) is 10.1. The zero-order valence-electron chi connectivity index (χ0n) is 17.6. The Labute approximate surface area is 174 Å². The van der Waals surface area contributed by atoms with Gasteiger partial charge in [-0.25, -0.2) is 0 Å². The number of aliphatic hydroxyl groups is 1. The number of nitro benzene ring substituents is 3. The van der Waals surface area contributed by atoms with Crippen molar-refractivity contribution in [1.29, 1.82) is 0 Å². The van der Waals surface area contributed by atoms with Gasteiger partial charge in [0.25, 0.3) is 11.4 Å². The van der Waals surface area contributed by atoms with Crippen molar-refractivity contribution in [1.82, 2.24) is 5.32 Å². The molecule has 1 rings (SSSR count). The largest absolute Gasteiger partial charge is 0.497 e. The fraction of sp³-hybridized carbons (Fsp3) is 0.667. The summed E-state index contributed by atoms with van der Waals surface area (Å²) in [6.45, 7) is 10.3. The van der Waals surface area contributed by atoms with Crippen LogP contribution in [0.2, 0.25) is 0 Å². The first-order chi connectivity index (χ1) is 13.9. The van der Waals surface area contributed by atoms with Crippen LogP contribution in [-0.2, 0) is 0 Å². The van der Waals surface area contributed by atoms with Crippen LogP contribution in [0, 0.1) is 42.2 Å². The molecule has 0 aliphatic heterocycles. The number of hydrogen-bond acceptors (Lipinski definition) is 9. The van der Waals surface area contributed by atoms with E-state index >= 15 is 0 Å². The third-order valence-corrected chi connectivity index (χ3v) is 3.94. The Morgan fingerprint density at radius 2 is 1.33 bits per heavy atom. The van der Waals surface area contributed by atoms with Crippen molar-refractivity contribution in [3.63, 3.8) is 0 Å². The van der Waals surface area contributed by atoms with Crippen molar-refractivity contribution >= 4 is 17.1 Å². The molecule has 0 saturated carbocycles. The van der Waals surface area contributed by atoms with Crippen LogP contribution in [0.5, 0.6) is 5.75 Å². The number of hydrogen-bond donors (Lipinski definition) is 3. The highest BCUT2D eigenvalue weighted by atomic mass is 16.6. The summed E-state index contributed by atoms with van der Waals surface area (Å²) in [4.78, 5) is 27.8. The average molecular weight is 430 g/mol. The second-order valence-electron chi connectivity index (χ2n) is 7.59. The van der Waals surface area contributed by atoms with Crippen molar-refractivity contribution in [2.75, 3.05) is 13.2 Å². The van der Waals surface area contributed by atoms with Crippen LogP contribution in [0.25, 0.3) is 0 Å². The zero-order valence-corrected chi connectivity index (χ0v) is 17.6. The van der Waals surface area contributed by atoms with Crippen molar-refractivity contribution in [2.24, 2.45) is 11.8 Å². The SMILES string of the molecule is CC(C)CC(CC(C)C)NCCCO.O=[N+]([O-])c1cc([N+](=O)[O-])c(O)c([N+](=O)[O-])c1. The molecule has 30 heavy (non-hydrogen) atoms. The summed E-state index contributed by atoms with van der Waals surface area (Å²) in [5.41, 5.74) is -3.00. The highest BCUT2D eigenvalue weighted by Gasteiger charge is 2.30. The topological polar surface area (TPSA) is 182 Å². The molecular formula is C18H30N4O8. The Hall–Kier alpha value is -2.86. The lowest BCUT2D eigenvalue weighted by molar-refractivity contribution is -0.404. The van der Waals surface area contributed by atoms with Crippen LogP contribution in [0.1, 0.15) is 47.0 Å². The second kappa shape index (κ2) is 13.4. The lowest BCUT2D eigenvalue weighted by atomic mass is 9.95. The van der Waals surface area contributed by atoms with Crippen molar-refractivity contribution in [3.8, 4) is 5.75 Å². The highest BCUT2D eigenvalue weighted by Crippen LogP contribution is 2.38. The van der Waals surface area contributed by atoms with Gasteiger partial charge in [0.1, 0.15) is 0 Å². The molecule has 1 aromatic carbocycles. The minimum absolute atomic E-state index is 0.295. The summed E-state index contributed by atoms with van der Waals surface area (Å²) < 4.78 is 0. The molecule has 12 nitrogen and oxygen atoms in total. The molecule has 0 aliphatic carbocycles. The summed E-state index contributed by atoms with van der Waals surface area (Å²) in [6.07, 6.45) is 3.35. The summed E-state index contributed by atoms with van der Waals surface area (Å²) >= 11 is 0. The average Bonchev–Trinajstić information content (AvgIpc) is 2.60. The van der Waals surface area contributed by atoms with Gasteiger partial charge in [-0.3, -0.25) is 30.3 Å². The van der Waals surface area contributed by atoms with E-state index < -0.39 is 37.6 Å². The molecule has 12 heteroatoms. The number of phenolic OH excluding ortho intramolecular Hbond substituents is 1. The van der Waals surface area contributed by atoms with E-state index in [0.29, 0.717) is 24.8 Å². The molecule has 0 radical (unpaired) electrons. The van der Waals surface area contributed by atoms with E-state index in [4.69, 9.17) is 10.2 Å². The molecule has 0 spiro atoms. The molecule has 0 fully saturated rings. The van der Waals surface area contributed by atoms with Gasteiger partial charge in [0.15, 0.2) is 0 Å². The van der Waals surface area contributed by atoms with Crippen molar-refractivity contribution in [2.45, 2.75) is 53.0 Å². The predicted octanol–water partition coefficient (Wildman–Crippen LogP) is 3.54. The van der Waals surface area contributed by atoms with Gasteiger partial charge in [0.2, 0.25) is 0 Å². The number of aromatic hydroxyl groups is 1. The van der Waals surface area contributed by atoms with Crippen LogP contribution in [0.3, 0.4) is 0 Å². The van der Waals surface area contributed by atoms with Gasteiger partial charge in [-0.2, -0.15) is 0 Å². The van der Waals surface area contributed by atoms with Crippen LogP contribution >= 0.6 is 0 Å². The van der Waals surface area contributed by atoms with E-state index in [9.17, 15) is 30.3 Å². The van der Waals surface area contributed by atoms with Gasteiger partial charge in [-0.1, -0.05) is 27.7 Å². The maximum atomic E-state index is 10.4. The predicted molar refractivity (Wildman–Crippen MR) is 110 cm³/mol. The van der Waals surface area contributed by atoms with Gasteiger partial charge in [-0.05, 0) is 37.6 Å². The minimum Gasteiger partial charge on any atom is -0.497 e. The van der Waals surface area contributed by atoms with Crippen molar-refractivity contribution < 1.29 is 25.0 Å². The quantitative estimate of drug-likeness (QED) is 0.268. The first-order valence-corrected chi connectivity index (χ1v) is 9.55. The Balaban J connectivity index is 0.000000567. The number of nitro groups is 3. The van der Waals surface area contributed by atoms with E-state index in [1.54, 1.807) is 0 Å². The molecule has 1 aromatic rings. The molecule has 0 amide bonds. The van der Waals surface area contributed by atoms with Gasteiger partial charge in [-0.15, -0.1) is 0 Å². The normalized spacial score (nSPS) is 10.8. The standard InChI is InChI=1S/C12H27NO.C6H3N3O7/c1-10(2)8-12(9-11(3)4)13-6-5-7-14;10-6-4(8(13)14)1-3(7(11)12)2-5(6)9(15)16/h10-14H,5-9H2,1-4H3;1-2,10H. The van der Waals surface area contributed by atoms with E-state index in [1.165, 1.54) is 12.8 Å². The lowest BCUT2D eigenvalue weighted by Crippen LogP contribution is -2.32. The first-order valence-electron chi connectivity index (χ1n) is 9.55. The van der Waals surface area contributed by atoms with E-state index in [1.807, 2.05) is 0 Å². The zero-order chi connectivity index (χ0) is 23.4. The number of non-ortho nitro benzene ring substituents is 1. The van der Waals surface area contributed by atoms with Gasteiger partial charge >= 0.3 is 11.4 Å². The fourth-order valence-electron chi connectivity index (χ4n) is 2.76. The molecule has 0 aromatic heterocycles. The number of rotatable bonds is 11. The number of aliphatic hydroxyl groups excluding tert-OH is 1. The van der Waals surface area contributed by atoms with Crippen LogP contribution in [0.4, 0.5) is 17.1 Å². The van der Waals surface area contributed by atoms with Crippen LogP contribution in [-0.4, -0.2) is 44.2 Å². The lowest BCUT2D eigenvalue weighted by Gasteiger charge is -2.22. The summed E-state index contributed by atoms with van der Waals surface area (Å²) in [7, 11) is 0. The van der Waals surface area contributed by atoms with E-state index in [2.05, 4.69) is 33.0 Å². The Morgan fingerprint density at radius 3 is 1.63 bits per heavy atom. The first kappa shape index (κ1) is 27.1. The molecule has 0 heterocycles. The fourth-order valence-corrected chi connectivity index (χ4v) is 2.76. The highest BCUT2D eigenvalue weighted by molar-refractivity contribution is 5.64. The maximum absolute atomic E-state index is 10.4. The second-order valence-corrected chi connectivity index (χ2v) is 7.59. The van der Waals surface area contributed by atoms with Gasteiger partial charge in [0, 0.05) is 12.6 Å². The Bertz CT molecular complexity index is 679. The van der Waals surface area contributed by atoms with E-state index in [-0.39, 0.29) is 0 Å². The molecule has 3 N–H and O–H groups in total. The summed E-state index contributed by atoms with van der Waals surface area (Å²) in [5.74, 6) is 0.293. The number of phenols is 1. The summed E-state index contributed by atoms with van der Waals surface area (Å²) in [5, 5.41) is 52.4. The minimum atomic E-state index is -1.21. The monoisotopic (exact) mass is 430 g/mol. The van der Waals surface area contributed by atoms with Crippen LogP contribution < -0.4 is 5.32 Å². The third-order valence-electron chi connectivity index (χ3n) is 3.94. The van der Waals surface area contributed by atoms with Gasteiger partial charge in [0.05, 0.1) is 26.9 Å². The number of benzene rings is 1. The van der Waals surface area contributed by atoms with Crippen LogP contribution in [0.15, 0.2) is 12.1 Å². The Morgan fingerprint density at radius 1 is 0.900 bits per heavy atom. The number of nitrogens with zero attached hydrogens (tertiary/aromatic N) is 3. The molecule has 0 aliphatic rings. The van der Waals surface area contributed by atoms with Gasteiger partial charge < -0.3 is 15.5 Å². The van der Waals surface area contributed by atoms with E-state index in [0.717, 1.165) is 24.8 Å². The molecule has 0 bridgehead atoms. The Kier molecular flexibility index (Phi) is 12.1. The molecule has 0 atom stereocenters. The molecule has 0 unspecified atom stereocenters. The smallest absolute Gasteiger partial charge is 0.324 e. The van der Waals surface area contributed by atoms with Crippen molar-refractivity contribution in [3.05, 3.63) is 42.5 Å². The molecule has 170 valence electrons.